The molecule has 1 aliphatic heterocycles. The zero-order valence-electron chi connectivity index (χ0n) is 17.6. The van der Waals surface area contributed by atoms with Crippen LogP contribution in [0.5, 0.6) is 11.5 Å². The first-order valence-electron chi connectivity index (χ1n) is 10.0. The van der Waals surface area contributed by atoms with Crippen molar-refractivity contribution in [2.45, 2.75) is 12.8 Å². The van der Waals surface area contributed by atoms with Crippen LogP contribution in [-0.2, 0) is 11.2 Å². The number of halogens is 1. The first kappa shape index (κ1) is 22.9. The fourth-order valence-corrected chi connectivity index (χ4v) is 3.74. The monoisotopic (exact) mass is 459 g/mol. The second kappa shape index (κ2) is 11.0. The molecule has 1 saturated heterocycles. The summed E-state index contributed by atoms with van der Waals surface area (Å²) >= 11 is 11.5. The van der Waals surface area contributed by atoms with Gasteiger partial charge in [-0.1, -0.05) is 23.7 Å². The Labute approximate surface area is 193 Å². The van der Waals surface area contributed by atoms with Crippen molar-refractivity contribution in [2.24, 2.45) is 0 Å². The summed E-state index contributed by atoms with van der Waals surface area (Å²) in [5.74, 6) is 1.23. The first-order chi connectivity index (χ1) is 15.0. The molecule has 0 spiro atoms. The molecule has 2 aromatic carbocycles. The van der Waals surface area contributed by atoms with Gasteiger partial charge in [-0.15, -0.1) is 0 Å². The molecule has 1 N–H and O–H groups in total. The average molecular weight is 460 g/mol. The molecule has 0 atom stereocenters. The maximum atomic E-state index is 12.8. The molecule has 8 heteroatoms. The lowest BCUT2D eigenvalue weighted by molar-refractivity contribution is -0.133. The minimum Gasteiger partial charge on any atom is -0.497 e. The summed E-state index contributed by atoms with van der Waals surface area (Å²) in [5, 5.41) is 8.01. The predicted molar refractivity (Wildman–Crippen MR) is 127 cm³/mol. The molecule has 1 amide bonds. The zero-order valence-corrected chi connectivity index (χ0v) is 19.2. The van der Waals surface area contributed by atoms with Gasteiger partial charge in [-0.25, -0.2) is 5.01 Å². The van der Waals surface area contributed by atoms with Crippen LogP contribution >= 0.6 is 23.8 Å². The van der Waals surface area contributed by atoms with Crippen LogP contribution in [0.3, 0.4) is 0 Å². The van der Waals surface area contributed by atoms with Gasteiger partial charge in [0.1, 0.15) is 11.5 Å². The zero-order chi connectivity index (χ0) is 22.2. The van der Waals surface area contributed by atoms with Crippen molar-refractivity contribution < 1.29 is 14.3 Å². The van der Waals surface area contributed by atoms with Gasteiger partial charge >= 0.3 is 0 Å². The maximum Gasteiger partial charge on any atom is 0.265 e. The topological polar surface area (TPSA) is 54.0 Å². The Morgan fingerprint density at radius 3 is 2.58 bits per heavy atom. The molecule has 2 aromatic rings. The van der Waals surface area contributed by atoms with Gasteiger partial charge < -0.3 is 14.8 Å². The van der Waals surface area contributed by atoms with Gasteiger partial charge in [-0.05, 0) is 67.0 Å². The third kappa shape index (κ3) is 6.12. The minimum atomic E-state index is -0.135. The molecule has 0 radical (unpaired) electrons. The second-order valence-corrected chi connectivity index (χ2v) is 7.81. The SMILES string of the molecule is COc1ccc(OC)c(/C=C/C(=O)N2CCCN2C(=S)NCCc2ccc(Cl)cc2)c1. The molecule has 1 heterocycles. The van der Waals surface area contributed by atoms with Crippen molar-refractivity contribution in [1.29, 1.82) is 0 Å². The average Bonchev–Trinajstić information content (AvgIpc) is 3.28. The van der Waals surface area contributed by atoms with E-state index in [4.69, 9.17) is 33.3 Å². The van der Waals surface area contributed by atoms with Crippen LogP contribution in [0.25, 0.3) is 6.08 Å². The summed E-state index contributed by atoms with van der Waals surface area (Å²) in [6.07, 6.45) is 4.94. The van der Waals surface area contributed by atoms with Gasteiger partial charge in [0.2, 0.25) is 0 Å². The van der Waals surface area contributed by atoms with E-state index >= 15 is 0 Å². The normalized spacial score (nSPS) is 13.5. The molecule has 0 unspecified atom stereocenters. The highest BCUT2D eigenvalue weighted by Crippen LogP contribution is 2.25. The minimum absolute atomic E-state index is 0.135. The Bertz CT molecular complexity index is 950. The van der Waals surface area contributed by atoms with E-state index in [-0.39, 0.29) is 5.91 Å². The van der Waals surface area contributed by atoms with E-state index in [1.807, 2.05) is 47.5 Å². The van der Waals surface area contributed by atoms with Crippen molar-refractivity contribution in [3.63, 3.8) is 0 Å². The lowest BCUT2D eigenvalue weighted by Gasteiger charge is -2.29. The summed E-state index contributed by atoms with van der Waals surface area (Å²) < 4.78 is 10.6. The number of nitrogens with one attached hydrogen (secondary N) is 1. The van der Waals surface area contributed by atoms with Crippen LogP contribution in [0, 0.1) is 0 Å². The third-order valence-electron chi connectivity index (χ3n) is 4.97. The van der Waals surface area contributed by atoms with E-state index in [0.717, 1.165) is 23.4 Å². The van der Waals surface area contributed by atoms with Crippen LogP contribution in [0.2, 0.25) is 5.02 Å². The Balaban J connectivity index is 1.59. The lowest BCUT2D eigenvalue weighted by Crippen LogP contribution is -2.49. The number of amides is 1. The highest BCUT2D eigenvalue weighted by molar-refractivity contribution is 7.80. The van der Waals surface area contributed by atoms with E-state index in [1.165, 1.54) is 11.6 Å². The fraction of sp³-hybridized carbons (Fsp3) is 0.304. The van der Waals surface area contributed by atoms with Crippen molar-refractivity contribution in [3.05, 3.63) is 64.7 Å². The second-order valence-electron chi connectivity index (χ2n) is 6.99. The maximum absolute atomic E-state index is 12.8. The predicted octanol–water partition coefficient (Wildman–Crippen LogP) is 3.94. The van der Waals surface area contributed by atoms with Crippen LogP contribution in [0.1, 0.15) is 17.5 Å². The van der Waals surface area contributed by atoms with E-state index < -0.39 is 0 Å². The number of hydrogen-bond donors (Lipinski definition) is 1. The van der Waals surface area contributed by atoms with Gasteiger partial charge in [-0.3, -0.25) is 9.80 Å². The Hall–Kier alpha value is -2.77. The third-order valence-corrected chi connectivity index (χ3v) is 5.57. The van der Waals surface area contributed by atoms with Crippen molar-refractivity contribution in [3.8, 4) is 11.5 Å². The smallest absolute Gasteiger partial charge is 0.265 e. The highest BCUT2D eigenvalue weighted by atomic mass is 35.5. The van der Waals surface area contributed by atoms with E-state index in [1.54, 1.807) is 25.3 Å². The van der Waals surface area contributed by atoms with Gasteiger partial charge in [0.15, 0.2) is 5.11 Å². The van der Waals surface area contributed by atoms with Gasteiger partial charge in [0.05, 0.1) is 14.2 Å². The largest absolute Gasteiger partial charge is 0.497 e. The molecule has 1 fully saturated rings. The van der Waals surface area contributed by atoms with Crippen molar-refractivity contribution in [1.82, 2.24) is 15.3 Å². The molecule has 3 rings (SSSR count). The van der Waals surface area contributed by atoms with Crippen LogP contribution in [0.4, 0.5) is 0 Å². The number of benzene rings is 2. The number of ether oxygens (including phenoxy) is 2. The number of carbonyl (C=O) groups excluding carboxylic acids is 1. The van der Waals surface area contributed by atoms with E-state index in [2.05, 4.69) is 5.32 Å². The number of rotatable bonds is 7. The summed E-state index contributed by atoms with van der Waals surface area (Å²) in [5.41, 5.74) is 1.94. The molecular weight excluding hydrogens is 434 g/mol. The van der Waals surface area contributed by atoms with Gasteiger partial charge in [0.25, 0.3) is 5.91 Å². The molecule has 31 heavy (non-hydrogen) atoms. The molecule has 0 bridgehead atoms. The molecule has 1 aliphatic rings. The van der Waals surface area contributed by atoms with Crippen LogP contribution in [0.15, 0.2) is 48.5 Å². The Morgan fingerprint density at radius 2 is 1.87 bits per heavy atom. The number of methoxy groups -OCH3 is 2. The van der Waals surface area contributed by atoms with Crippen molar-refractivity contribution >= 4 is 40.9 Å². The summed E-state index contributed by atoms with van der Waals surface area (Å²) in [4.78, 5) is 12.8. The van der Waals surface area contributed by atoms with E-state index in [9.17, 15) is 4.79 Å². The highest BCUT2D eigenvalue weighted by Gasteiger charge is 2.27. The Kier molecular flexibility index (Phi) is 8.14. The van der Waals surface area contributed by atoms with E-state index in [0.29, 0.717) is 36.2 Å². The molecule has 0 aliphatic carbocycles. The number of hydrazine groups is 1. The summed E-state index contributed by atoms with van der Waals surface area (Å²) in [6, 6.07) is 13.2. The lowest BCUT2D eigenvalue weighted by atomic mass is 10.1. The van der Waals surface area contributed by atoms with Gasteiger partial charge in [-0.2, -0.15) is 0 Å². The molecule has 0 aromatic heterocycles. The molecule has 6 nitrogen and oxygen atoms in total. The van der Waals surface area contributed by atoms with Crippen molar-refractivity contribution in [2.75, 3.05) is 33.9 Å². The summed E-state index contributed by atoms with van der Waals surface area (Å²) in [7, 11) is 3.20. The summed E-state index contributed by atoms with van der Waals surface area (Å²) in [6.45, 7) is 2.00. The molecular formula is C23H26ClN3O3S. The number of thiocarbonyl (C=S) groups is 1. The number of hydrogen-bond acceptors (Lipinski definition) is 4. The van der Waals surface area contributed by atoms with Crippen LogP contribution < -0.4 is 14.8 Å². The Morgan fingerprint density at radius 1 is 1.13 bits per heavy atom. The fourth-order valence-electron chi connectivity index (χ4n) is 3.32. The van der Waals surface area contributed by atoms with Gasteiger partial charge in [0, 0.05) is 36.3 Å². The number of nitrogens with zero attached hydrogens (tertiary/aromatic N) is 2. The quantitative estimate of drug-likeness (QED) is 0.500. The molecule has 0 saturated carbocycles. The standard InChI is InChI=1S/C23H26ClN3O3S/c1-29-20-9-10-21(30-2)18(16-20)6-11-22(28)26-14-3-15-27(26)23(31)25-13-12-17-4-7-19(24)8-5-17/h4-11,16H,3,12-15H2,1-2H3,(H,25,31)/b11-6+. The number of carbonyl (C=O) groups is 1. The van der Waals surface area contributed by atoms with Crippen LogP contribution in [-0.4, -0.2) is 54.9 Å². The first-order valence-corrected chi connectivity index (χ1v) is 10.8. The molecule has 164 valence electrons.